The van der Waals surface area contributed by atoms with Crippen LogP contribution >= 0.6 is 0 Å². The van der Waals surface area contributed by atoms with Gasteiger partial charge < -0.3 is 5.32 Å². The van der Waals surface area contributed by atoms with Crippen LogP contribution < -0.4 is 5.32 Å². The average Bonchev–Trinajstić information content (AvgIpc) is 2.73. The van der Waals surface area contributed by atoms with Crippen LogP contribution in [-0.2, 0) is 14.8 Å². The Hall–Kier alpha value is -2.80. The van der Waals surface area contributed by atoms with Crippen LogP contribution in [-0.4, -0.2) is 55.8 Å². The van der Waals surface area contributed by atoms with Crippen molar-refractivity contribution in [1.82, 2.24) is 9.21 Å². The summed E-state index contributed by atoms with van der Waals surface area (Å²) in [5.74, 6) is -0.719. The minimum absolute atomic E-state index is 0.0514. The van der Waals surface area contributed by atoms with E-state index in [4.69, 9.17) is 5.26 Å². The van der Waals surface area contributed by atoms with Crippen LogP contribution in [0.15, 0.2) is 53.4 Å². The normalized spacial score (nSPS) is 16.7. The van der Waals surface area contributed by atoms with Crippen molar-refractivity contribution >= 4 is 21.6 Å². The molecule has 1 aliphatic heterocycles. The maximum atomic E-state index is 13.1. The number of nitrogens with one attached hydrogen (secondary N) is 1. The van der Waals surface area contributed by atoms with Gasteiger partial charge >= 0.3 is 0 Å². The van der Waals surface area contributed by atoms with Gasteiger partial charge in [-0.1, -0.05) is 6.07 Å². The number of nitrogens with zero attached hydrogens (tertiary/aromatic N) is 3. The highest BCUT2D eigenvalue weighted by Gasteiger charge is 2.31. The Morgan fingerprint density at radius 1 is 1.14 bits per heavy atom. The molecule has 1 atom stereocenters. The summed E-state index contributed by atoms with van der Waals surface area (Å²) in [5.41, 5.74) is 0.994. The highest BCUT2D eigenvalue weighted by Crippen LogP contribution is 2.19. The minimum Gasteiger partial charge on any atom is -0.325 e. The molecule has 0 bridgehead atoms. The van der Waals surface area contributed by atoms with Crippen molar-refractivity contribution in [3.05, 3.63) is 59.9 Å². The molecule has 9 heteroatoms. The maximum Gasteiger partial charge on any atom is 0.243 e. The van der Waals surface area contributed by atoms with Crippen LogP contribution in [0.1, 0.15) is 12.5 Å². The molecule has 7 nitrogen and oxygen atoms in total. The van der Waals surface area contributed by atoms with Gasteiger partial charge in [0.1, 0.15) is 5.82 Å². The summed E-state index contributed by atoms with van der Waals surface area (Å²) in [7, 11) is -3.70. The SMILES string of the molecule is C[C@H](C(=O)Nc1cccc(C#N)c1)N1CCN(S(=O)(=O)c2ccc(F)cc2)CC1. The van der Waals surface area contributed by atoms with Crippen LogP contribution in [0.4, 0.5) is 10.1 Å². The van der Waals surface area contributed by atoms with Crippen LogP contribution in [0.2, 0.25) is 0 Å². The van der Waals surface area contributed by atoms with E-state index in [1.165, 1.54) is 16.4 Å². The summed E-state index contributed by atoms with van der Waals surface area (Å²) in [6.45, 7) is 3.02. The van der Waals surface area contributed by atoms with Gasteiger partial charge in [0.15, 0.2) is 0 Å². The molecule has 2 aromatic rings. The number of carbonyl (C=O) groups excluding carboxylic acids is 1. The van der Waals surface area contributed by atoms with E-state index >= 15 is 0 Å². The van der Waals surface area contributed by atoms with Crippen molar-refractivity contribution in [3.8, 4) is 6.07 Å². The first-order valence-corrected chi connectivity index (χ1v) is 10.6. The molecule has 0 aromatic heterocycles. The van der Waals surface area contributed by atoms with E-state index < -0.39 is 21.9 Å². The van der Waals surface area contributed by atoms with Crippen LogP contribution in [0.5, 0.6) is 0 Å². The molecule has 0 radical (unpaired) electrons. The van der Waals surface area contributed by atoms with E-state index in [0.717, 1.165) is 12.1 Å². The predicted octanol–water partition coefficient (Wildman–Crippen LogP) is 2.03. The average molecular weight is 416 g/mol. The Morgan fingerprint density at radius 3 is 2.41 bits per heavy atom. The number of rotatable bonds is 5. The maximum absolute atomic E-state index is 13.1. The standard InChI is InChI=1S/C20H21FN4O3S/c1-15(20(26)23-18-4-2-3-16(13-18)14-22)24-9-11-25(12-10-24)29(27,28)19-7-5-17(21)6-8-19/h2-8,13,15H,9-12H2,1H3,(H,23,26)/t15-/m1/s1. The predicted molar refractivity (Wildman–Crippen MR) is 106 cm³/mol. The van der Waals surface area contributed by atoms with Crippen LogP contribution in [0.3, 0.4) is 0 Å². The molecule has 3 rings (SSSR count). The lowest BCUT2D eigenvalue weighted by Crippen LogP contribution is -2.53. The van der Waals surface area contributed by atoms with Crippen molar-refractivity contribution in [2.75, 3.05) is 31.5 Å². The summed E-state index contributed by atoms with van der Waals surface area (Å²) in [6, 6.07) is 13.0. The molecule has 0 unspecified atom stereocenters. The minimum atomic E-state index is -3.70. The zero-order valence-electron chi connectivity index (χ0n) is 15.9. The van der Waals surface area contributed by atoms with Crippen molar-refractivity contribution in [2.24, 2.45) is 0 Å². The quantitative estimate of drug-likeness (QED) is 0.805. The largest absolute Gasteiger partial charge is 0.325 e. The molecule has 2 aromatic carbocycles. The van der Waals surface area contributed by atoms with E-state index in [2.05, 4.69) is 5.32 Å². The van der Waals surface area contributed by atoms with Crippen molar-refractivity contribution < 1.29 is 17.6 Å². The van der Waals surface area contributed by atoms with Crippen molar-refractivity contribution in [2.45, 2.75) is 17.9 Å². The van der Waals surface area contributed by atoms with Crippen LogP contribution in [0.25, 0.3) is 0 Å². The molecule has 1 aliphatic rings. The highest BCUT2D eigenvalue weighted by atomic mass is 32.2. The lowest BCUT2D eigenvalue weighted by molar-refractivity contribution is -0.121. The van der Waals surface area contributed by atoms with Gasteiger partial charge in [-0.25, -0.2) is 12.8 Å². The molecule has 29 heavy (non-hydrogen) atoms. The Labute approximate surface area is 169 Å². The van der Waals surface area contributed by atoms with E-state index in [-0.39, 0.29) is 23.9 Å². The second kappa shape index (κ2) is 8.69. The van der Waals surface area contributed by atoms with Gasteiger partial charge in [-0.15, -0.1) is 0 Å². The number of piperazine rings is 1. The number of nitriles is 1. The molecular formula is C20H21FN4O3S. The van der Waals surface area contributed by atoms with Gasteiger partial charge in [0.25, 0.3) is 0 Å². The lowest BCUT2D eigenvalue weighted by atomic mass is 10.2. The molecule has 1 N–H and O–H groups in total. The number of carbonyl (C=O) groups is 1. The van der Waals surface area contributed by atoms with Gasteiger partial charge in [-0.05, 0) is 49.4 Å². The van der Waals surface area contributed by atoms with Crippen molar-refractivity contribution in [3.63, 3.8) is 0 Å². The van der Waals surface area contributed by atoms with Gasteiger partial charge in [-0.3, -0.25) is 9.69 Å². The molecule has 1 amide bonds. The van der Waals surface area contributed by atoms with Gasteiger partial charge in [0.2, 0.25) is 15.9 Å². The fourth-order valence-electron chi connectivity index (χ4n) is 3.17. The van der Waals surface area contributed by atoms with Gasteiger partial charge in [-0.2, -0.15) is 9.57 Å². The summed E-state index contributed by atoms with van der Waals surface area (Å²) >= 11 is 0. The molecule has 0 spiro atoms. The number of hydrogen-bond donors (Lipinski definition) is 1. The van der Waals surface area contributed by atoms with E-state index in [9.17, 15) is 17.6 Å². The Kier molecular flexibility index (Phi) is 6.27. The molecular weight excluding hydrogens is 395 g/mol. The van der Waals surface area contributed by atoms with Gasteiger partial charge in [0.05, 0.1) is 22.6 Å². The number of amides is 1. The van der Waals surface area contributed by atoms with E-state index in [0.29, 0.717) is 24.3 Å². The summed E-state index contributed by atoms with van der Waals surface area (Å²) < 4.78 is 39.8. The molecule has 0 saturated carbocycles. The topological polar surface area (TPSA) is 93.5 Å². The Balaban J connectivity index is 1.60. The van der Waals surface area contributed by atoms with Crippen molar-refractivity contribution in [1.29, 1.82) is 5.26 Å². The fourth-order valence-corrected chi connectivity index (χ4v) is 4.59. The Bertz CT molecular complexity index is 1030. The molecule has 1 heterocycles. The first kappa shape index (κ1) is 20.9. The third kappa shape index (κ3) is 4.79. The van der Waals surface area contributed by atoms with E-state index in [1.54, 1.807) is 31.2 Å². The fraction of sp³-hybridized carbons (Fsp3) is 0.300. The zero-order chi connectivity index (χ0) is 21.0. The number of halogens is 1. The Morgan fingerprint density at radius 2 is 1.79 bits per heavy atom. The summed E-state index contributed by atoms with van der Waals surface area (Å²) in [5, 5.41) is 11.7. The summed E-state index contributed by atoms with van der Waals surface area (Å²) in [4.78, 5) is 14.5. The smallest absolute Gasteiger partial charge is 0.243 e. The molecule has 152 valence electrons. The zero-order valence-corrected chi connectivity index (χ0v) is 16.7. The van der Waals surface area contributed by atoms with E-state index in [1.807, 2.05) is 11.0 Å². The second-order valence-corrected chi connectivity index (χ2v) is 8.69. The monoisotopic (exact) mass is 416 g/mol. The number of anilines is 1. The molecule has 1 saturated heterocycles. The number of hydrogen-bond acceptors (Lipinski definition) is 5. The molecule has 0 aliphatic carbocycles. The van der Waals surface area contributed by atoms with Gasteiger partial charge in [0, 0.05) is 31.9 Å². The van der Waals surface area contributed by atoms with Crippen LogP contribution in [0, 0.1) is 17.1 Å². The summed E-state index contributed by atoms with van der Waals surface area (Å²) in [6.07, 6.45) is 0. The highest BCUT2D eigenvalue weighted by molar-refractivity contribution is 7.89. The first-order chi connectivity index (χ1) is 13.8. The second-order valence-electron chi connectivity index (χ2n) is 6.75. The molecule has 1 fully saturated rings. The number of sulfonamides is 1. The lowest BCUT2D eigenvalue weighted by Gasteiger charge is -2.36. The first-order valence-electron chi connectivity index (χ1n) is 9.12. The third-order valence-corrected chi connectivity index (χ3v) is 6.82. The number of benzene rings is 2. The third-order valence-electron chi connectivity index (χ3n) is 4.91.